The molecule has 0 aliphatic heterocycles. The summed E-state index contributed by atoms with van der Waals surface area (Å²) < 4.78 is 10.3. The maximum Gasteiger partial charge on any atom is 0.334 e. The van der Waals surface area contributed by atoms with E-state index in [1.54, 1.807) is 6.07 Å². The van der Waals surface area contributed by atoms with Crippen LogP contribution in [0.25, 0.3) is 0 Å². The van der Waals surface area contributed by atoms with E-state index in [1.807, 2.05) is 32.0 Å². The minimum Gasteiger partial charge on any atom is -0.467 e. The van der Waals surface area contributed by atoms with Gasteiger partial charge in [0.2, 0.25) is 0 Å². The van der Waals surface area contributed by atoms with Gasteiger partial charge in [0.15, 0.2) is 6.10 Å². The van der Waals surface area contributed by atoms with Crippen molar-refractivity contribution in [3.05, 3.63) is 34.9 Å². The fourth-order valence-corrected chi connectivity index (χ4v) is 1.83. The first-order valence-electron chi connectivity index (χ1n) is 5.96. The molecule has 18 heavy (non-hydrogen) atoms. The van der Waals surface area contributed by atoms with Gasteiger partial charge in [-0.05, 0) is 30.0 Å². The van der Waals surface area contributed by atoms with Crippen molar-refractivity contribution in [3.63, 3.8) is 0 Å². The summed E-state index contributed by atoms with van der Waals surface area (Å²) in [7, 11) is 1.37. The number of halogens is 1. The van der Waals surface area contributed by atoms with E-state index in [2.05, 4.69) is 0 Å². The Labute approximate surface area is 113 Å². The molecule has 0 bridgehead atoms. The van der Waals surface area contributed by atoms with E-state index in [-0.39, 0.29) is 5.97 Å². The zero-order valence-electron chi connectivity index (χ0n) is 11.0. The Morgan fingerprint density at radius 2 is 2.11 bits per heavy atom. The average Bonchev–Trinajstić information content (AvgIpc) is 2.33. The van der Waals surface area contributed by atoms with E-state index in [9.17, 15) is 4.79 Å². The molecule has 1 rings (SSSR count). The minimum atomic E-state index is -0.519. The van der Waals surface area contributed by atoms with Crippen LogP contribution in [-0.2, 0) is 20.9 Å². The first kappa shape index (κ1) is 15.0. The summed E-state index contributed by atoms with van der Waals surface area (Å²) in [6.45, 7) is 4.43. The van der Waals surface area contributed by atoms with Crippen LogP contribution in [0.1, 0.15) is 25.8 Å². The molecule has 1 atom stereocenters. The number of hydrogen-bond acceptors (Lipinski definition) is 3. The lowest BCUT2D eigenvalue weighted by molar-refractivity contribution is -0.156. The van der Waals surface area contributed by atoms with Gasteiger partial charge in [0, 0.05) is 5.02 Å². The van der Waals surface area contributed by atoms with Crippen LogP contribution in [0.15, 0.2) is 24.3 Å². The molecule has 0 aromatic heterocycles. The smallest absolute Gasteiger partial charge is 0.334 e. The second-order valence-electron chi connectivity index (χ2n) is 4.58. The molecule has 4 heteroatoms. The maximum absolute atomic E-state index is 11.6. The third-order valence-corrected chi connectivity index (χ3v) is 2.72. The highest BCUT2D eigenvalue weighted by molar-refractivity contribution is 6.30. The van der Waals surface area contributed by atoms with Crippen molar-refractivity contribution in [2.45, 2.75) is 33.0 Å². The second-order valence-corrected chi connectivity index (χ2v) is 5.02. The van der Waals surface area contributed by atoms with Crippen molar-refractivity contribution < 1.29 is 14.3 Å². The molecule has 0 spiro atoms. The van der Waals surface area contributed by atoms with Crippen LogP contribution in [0, 0.1) is 5.92 Å². The SMILES string of the molecule is COC(=O)[C@@H](CC(C)C)OCc1cccc(Cl)c1. The largest absolute Gasteiger partial charge is 0.467 e. The van der Waals surface area contributed by atoms with E-state index in [0.717, 1.165) is 5.56 Å². The molecule has 0 unspecified atom stereocenters. The van der Waals surface area contributed by atoms with Crippen molar-refractivity contribution in [3.8, 4) is 0 Å². The number of ether oxygens (including phenoxy) is 2. The van der Waals surface area contributed by atoms with Crippen molar-refractivity contribution in [1.82, 2.24) is 0 Å². The molecule has 0 N–H and O–H groups in total. The number of carbonyl (C=O) groups excluding carboxylic acids is 1. The molecule has 3 nitrogen and oxygen atoms in total. The van der Waals surface area contributed by atoms with Crippen LogP contribution in [0.5, 0.6) is 0 Å². The summed E-state index contributed by atoms with van der Waals surface area (Å²) in [5, 5.41) is 0.662. The summed E-state index contributed by atoms with van der Waals surface area (Å²) in [6, 6.07) is 7.40. The van der Waals surface area contributed by atoms with Crippen molar-refractivity contribution in [1.29, 1.82) is 0 Å². The Hall–Kier alpha value is -1.06. The Balaban J connectivity index is 2.58. The Kier molecular flexibility index (Phi) is 6.16. The van der Waals surface area contributed by atoms with E-state index in [4.69, 9.17) is 21.1 Å². The Morgan fingerprint density at radius 3 is 2.67 bits per heavy atom. The fraction of sp³-hybridized carbons (Fsp3) is 0.500. The van der Waals surface area contributed by atoms with Gasteiger partial charge >= 0.3 is 5.97 Å². The van der Waals surface area contributed by atoms with E-state index in [1.165, 1.54) is 7.11 Å². The Bertz CT molecular complexity index is 390. The lowest BCUT2D eigenvalue weighted by Gasteiger charge is -2.17. The highest BCUT2D eigenvalue weighted by atomic mass is 35.5. The van der Waals surface area contributed by atoms with Crippen molar-refractivity contribution >= 4 is 17.6 Å². The molecule has 0 amide bonds. The predicted molar refractivity (Wildman–Crippen MR) is 71.5 cm³/mol. The molecule has 0 aliphatic rings. The number of rotatable bonds is 6. The zero-order valence-corrected chi connectivity index (χ0v) is 11.7. The minimum absolute atomic E-state index is 0.328. The van der Waals surface area contributed by atoms with Crippen LogP contribution in [0.4, 0.5) is 0 Å². The first-order chi connectivity index (χ1) is 8.52. The summed E-state index contributed by atoms with van der Waals surface area (Å²) in [4.78, 5) is 11.6. The first-order valence-corrected chi connectivity index (χ1v) is 6.34. The van der Waals surface area contributed by atoms with Crippen LogP contribution in [-0.4, -0.2) is 19.2 Å². The second kappa shape index (κ2) is 7.39. The summed E-state index contributed by atoms with van der Waals surface area (Å²) in [6.07, 6.45) is 0.127. The molecular weight excluding hydrogens is 252 g/mol. The summed E-state index contributed by atoms with van der Waals surface area (Å²) >= 11 is 5.89. The number of methoxy groups -OCH3 is 1. The number of carbonyl (C=O) groups is 1. The molecule has 0 saturated carbocycles. The third-order valence-electron chi connectivity index (χ3n) is 2.49. The predicted octanol–water partition coefficient (Wildman–Crippen LogP) is 3.44. The van der Waals surface area contributed by atoms with E-state index < -0.39 is 6.10 Å². The lowest BCUT2D eigenvalue weighted by Crippen LogP contribution is -2.27. The highest BCUT2D eigenvalue weighted by Crippen LogP contribution is 2.15. The topological polar surface area (TPSA) is 35.5 Å². The van der Waals surface area contributed by atoms with Crippen molar-refractivity contribution in [2.24, 2.45) is 5.92 Å². The fourth-order valence-electron chi connectivity index (χ4n) is 1.62. The molecule has 0 aliphatic carbocycles. The number of hydrogen-bond donors (Lipinski definition) is 0. The normalized spacial score (nSPS) is 12.5. The molecule has 0 heterocycles. The molecule has 100 valence electrons. The van der Waals surface area contributed by atoms with E-state index in [0.29, 0.717) is 24.0 Å². The van der Waals surface area contributed by atoms with Crippen LogP contribution >= 0.6 is 11.6 Å². The monoisotopic (exact) mass is 270 g/mol. The van der Waals surface area contributed by atoms with Gasteiger partial charge in [0.25, 0.3) is 0 Å². The van der Waals surface area contributed by atoms with E-state index >= 15 is 0 Å². The van der Waals surface area contributed by atoms with Gasteiger partial charge in [-0.2, -0.15) is 0 Å². The molecule has 1 aromatic rings. The van der Waals surface area contributed by atoms with Crippen LogP contribution in [0.3, 0.4) is 0 Å². The third kappa shape index (κ3) is 5.07. The summed E-state index contributed by atoms with van der Waals surface area (Å²) in [5.41, 5.74) is 0.945. The van der Waals surface area contributed by atoms with Crippen molar-refractivity contribution in [2.75, 3.05) is 7.11 Å². The number of benzene rings is 1. The highest BCUT2D eigenvalue weighted by Gasteiger charge is 2.21. The van der Waals surface area contributed by atoms with Gasteiger partial charge in [0.1, 0.15) is 0 Å². The maximum atomic E-state index is 11.6. The van der Waals surface area contributed by atoms with Gasteiger partial charge in [-0.15, -0.1) is 0 Å². The average molecular weight is 271 g/mol. The molecule has 0 radical (unpaired) electrons. The molecule has 1 aromatic carbocycles. The van der Waals surface area contributed by atoms with Crippen LogP contribution < -0.4 is 0 Å². The number of esters is 1. The summed E-state index contributed by atoms with van der Waals surface area (Å²) in [5.74, 6) is 0.0409. The van der Waals surface area contributed by atoms with Crippen LogP contribution in [0.2, 0.25) is 5.02 Å². The van der Waals surface area contributed by atoms with Gasteiger partial charge < -0.3 is 9.47 Å². The van der Waals surface area contributed by atoms with Gasteiger partial charge in [0.05, 0.1) is 13.7 Å². The standard InChI is InChI=1S/C14H19ClO3/c1-10(2)7-13(14(16)17-3)18-9-11-5-4-6-12(15)8-11/h4-6,8,10,13H,7,9H2,1-3H3/t13-/m1/s1. The zero-order chi connectivity index (χ0) is 13.5. The lowest BCUT2D eigenvalue weighted by atomic mass is 10.1. The van der Waals surface area contributed by atoms with Gasteiger partial charge in [-0.3, -0.25) is 0 Å². The van der Waals surface area contributed by atoms with Gasteiger partial charge in [-0.1, -0.05) is 37.6 Å². The Morgan fingerprint density at radius 1 is 1.39 bits per heavy atom. The molecule has 0 fully saturated rings. The molecular formula is C14H19ClO3. The quantitative estimate of drug-likeness (QED) is 0.743. The van der Waals surface area contributed by atoms with Gasteiger partial charge in [-0.25, -0.2) is 4.79 Å². The molecule has 0 saturated heterocycles.